The first-order valence-electron chi connectivity index (χ1n) is 6.72. The highest BCUT2D eigenvalue weighted by molar-refractivity contribution is 9.10. The van der Waals surface area contributed by atoms with Gasteiger partial charge >= 0.3 is 5.69 Å². The van der Waals surface area contributed by atoms with Crippen molar-refractivity contribution in [2.24, 2.45) is 0 Å². The minimum atomic E-state index is -0.491. The first-order valence-corrected chi connectivity index (χ1v) is 7.52. The zero-order valence-electron chi connectivity index (χ0n) is 11.9. The monoisotopic (exact) mass is 373 g/mol. The Balaban J connectivity index is 1.98. The predicted octanol–water partition coefficient (Wildman–Crippen LogP) is 2.61. The Bertz CT molecular complexity index is 1130. The largest absolute Gasteiger partial charge is 0.355 e. The lowest BCUT2D eigenvalue weighted by Gasteiger charge is -2.05. The van der Waals surface area contributed by atoms with E-state index in [-0.39, 0.29) is 11.5 Å². The van der Waals surface area contributed by atoms with E-state index in [1.54, 1.807) is 42.0 Å². The van der Waals surface area contributed by atoms with Crippen LogP contribution in [0.15, 0.2) is 46.1 Å². The van der Waals surface area contributed by atoms with Crippen LogP contribution in [0.2, 0.25) is 0 Å². The number of hydrogen-bond acceptors (Lipinski definition) is 4. The van der Waals surface area contributed by atoms with Gasteiger partial charge in [-0.15, -0.1) is 0 Å². The maximum absolute atomic E-state index is 14.2. The smallest absolute Gasteiger partial charge is 0.304 e. The summed E-state index contributed by atoms with van der Waals surface area (Å²) in [5, 5.41) is 0. The average molecular weight is 374 g/mol. The lowest BCUT2D eigenvalue weighted by molar-refractivity contribution is 0.630. The normalized spacial score (nSPS) is 11.4. The number of aromatic nitrogens is 5. The summed E-state index contributed by atoms with van der Waals surface area (Å²) in [5.74, 6) is -0.320. The second-order valence-corrected chi connectivity index (χ2v) is 6.01. The fourth-order valence-electron chi connectivity index (χ4n) is 2.42. The van der Waals surface area contributed by atoms with Gasteiger partial charge in [-0.2, -0.15) is 4.98 Å². The molecule has 0 saturated heterocycles. The van der Waals surface area contributed by atoms with Crippen LogP contribution in [0.1, 0.15) is 5.69 Å². The Morgan fingerprint density at radius 2 is 1.96 bits per heavy atom. The zero-order valence-corrected chi connectivity index (χ0v) is 13.5. The van der Waals surface area contributed by atoms with Gasteiger partial charge in [0.05, 0.1) is 5.69 Å². The van der Waals surface area contributed by atoms with E-state index in [1.165, 1.54) is 10.5 Å². The third-order valence-electron chi connectivity index (χ3n) is 3.40. The Hall–Kier alpha value is -2.61. The Morgan fingerprint density at radius 3 is 2.78 bits per heavy atom. The molecule has 0 unspecified atom stereocenters. The van der Waals surface area contributed by atoms with Crippen LogP contribution in [0.3, 0.4) is 0 Å². The minimum absolute atomic E-state index is 0.171. The first kappa shape index (κ1) is 14.0. The molecule has 0 aliphatic rings. The summed E-state index contributed by atoms with van der Waals surface area (Å²) in [7, 11) is 0. The van der Waals surface area contributed by atoms with Crippen LogP contribution in [0.25, 0.3) is 22.7 Å². The molecule has 0 bridgehead atoms. The standard InChI is InChI=1S/C15H9BrFN5O/c1-8-5-21-6-9(4-11(17)14(21)18-8)13-19-12-3-2-10(16)7-22(12)15(23)20-13/h2-7H,1H3. The van der Waals surface area contributed by atoms with Crippen LogP contribution >= 0.6 is 15.9 Å². The molecule has 4 rings (SSSR count). The van der Waals surface area contributed by atoms with Crippen LogP contribution in [-0.4, -0.2) is 23.8 Å². The summed E-state index contributed by atoms with van der Waals surface area (Å²) >= 11 is 3.29. The number of fused-ring (bicyclic) bond motifs is 2. The molecule has 0 atom stereocenters. The quantitative estimate of drug-likeness (QED) is 0.514. The van der Waals surface area contributed by atoms with Gasteiger partial charge in [0.2, 0.25) is 0 Å². The molecular weight excluding hydrogens is 365 g/mol. The topological polar surface area (TPSA) is 64.6 Å². The van der Waals surface area contributed by atoms with Crippen LogP contribution in [-0.2, 0) is 0 Å². The number of halogens is 2. The second-order valence-electron chi connectivity index (χ2n) is 5.10. The number of rotatable bonds is 1. The summed E-state index contributed by atoms with van der Waals surface area (Å²) in [6.45, 7) is 1.78. The van der Waals surface area contributed by atoms with Crippen LogP contribution in [0.4, 0.5) is 4.39 Å². The fourth-order valence-corrected chi connectivity index (χ4v) is 2.76. The Kier molecular flexibility index (Phi) is 3.02. The summed E-state index contributed by atoms with van der Waals surface area (Å²) < 4.78 is 17.8. The third-order valence-corrected chi connectivity index (χ3v) is 3.87. The molecule has 0 spiro atoms. The number of aryl methyl sites for hydroxylation is 1. The van der Waals surface area contributed by atoms with Crippen molar-refractivity contribution in [3.8, 4) is 11.4 Å². The summed E-state index contributed by atoms with van der Waals surface area (Å²) in [6.07, 6.45) is 4.94. The van der Waals surface area contributed by atoms with E-state index in [0.717, 1.165) is 4.47 Å². The lowest BCUT2D eigenvalue weighted by atomic mass is 10.2. The van der Waals surface area contributed by atoms with E-state index in [0.29, 0.717) is 16.9 Å². The molecule has 0 N–H and O–H groups in total. The number of hydrogen-bond donors (Lipinski definition) is 0. The van der Waals surface area contributed by atoms with Crippen molar-refractivity contribution < 1.29 is 4.39 Å². The second kappa shape index (κ2) is 4.95. The lowest BCUT2D eigenvalue weighted by Crippen LogP contribution is -2.19. The molecular formula is C15H9BrFN5O. The summed E-state index contributed by atoms with van der Waals surface area (Å²) in [5.41, 5.74) is 1.30. The molecule has 6 nitrogen and oxygen atoms in total. The van der Waals surface area contributed by atoms with Crippen molar-refractivity contribution in [1.82, 2.24) is 23.8 Å². The molecule has 23 heavy (non-hydrogen) atoms. The minimum Gasteiger partial charge on any atom is -0.304 e. The molecule has 0 fully saturated rings. The fraction of sp³-hybridized carbons (Fsp3) is 0.0667. The van der Waals surface area contributed by atoms with Gasteiger partial charge in [0.15, 0.2) is 17.3 Å². The predicted molar refractivity (Wildman–Crippen MR) is 85.8 cm³/mol. The van der Waals surface area contributed by atoms with Gasteiger partial charge in [0, 0.05) is 28.6 Å². The third kappa shape index (κ3) is 2.31. The highest BCUT2D eigenvalue weighted by Crippen LogP contribution is 2.19. The molecule has 4 aromatic rings. The van der Waals surface area contributed by atoms with E-state index in [2.05, 4.69) is 30.9 Å². The highest BCUT2D eigenvalue weighted by atomic mass is 79.9. The molecule has 114 valence electrons. The molecule has 4 heterocycles. The van der Waals surface area contributed by atoms with Crippen LogP contribution < -0.4 is 5.69 Å². The summed E-state index contributed by atoms with van der Waals surface area (Å²) in [4.78, 5) is 24.5. The molecule has 0 saturated carbocycles. The number of nitrogens with zero attached hydrogens (tertiary/aromatic N) is 5. The van der Waals surface area contributed by atoms with Crippen LogP contribution in [0.5, 0.6) is 0 Å². The summed E-state index contributed by atoms with van der Waals surface area (Å²) in [6, 6.07) is 4.74. The molecule has 0 radical (unpaired) electrons. The maximum Gasteiger partial charge on any atom is 0.355 e. The van der Waals surface area contributed by atoms with Crippen LogP contribution in [0, 0.1) is 12.7 Å². The van der Waals surface area contributed by atoms with E-state index >= 15 is 0 Å². The maximum atomic E-state index is 14.2. The number of pyridine rings is 2. The molecule has 0 amide bonds. The van der Waals surface area contributed by atoms with Crippen molar-refractivity contribution in [2.45, 2.75) is 6.92 Å². The van der Waals surface area contributed by atoms with Gasteiger partial charge in [0.25, 0.3) is 0 Å². The van der Waals surface area contributed by atoms with Gasteiger partial charge in [-0.25, -0.2) is 19.2 Å². The van der Waals surface area contributed by atoms with Crippen molar-refractivity contribution >= 4 is 27.2 Å². The Labute approximate surface area is 137 Å². The van der Waals surface area contributed by atoms with Crippen molar-refractivity contribution in [1.29, 1.82) is 0 Å². The molecule has 8 heteroatoms. The highest BCUT2D eigenvalue weighted by Gasteiger charge is 2.12. The zero-order chi connectivity index (χ0) is 16.1. The van der Waals surface area contributed by atoms with E-state index in [4.69, 9.17) is 0 Å². The number of imidazole rings is 1. The van der Waals surface area contributed by atoms with Crippen molar-refractivity contribution in [3.63, 3.8) is 0 Å². The average Bonchev–Trinajstić information content (AvgIpc) is 2.89. The first-order chi connectivity index (χ1) is 11.0. The molecule has 0 aliphatic heterocycles. The molecule has 0 aromatic carbocycles. The SMILES string of the molecule is Cc1cn2cc(-c3nc(=O)n4cc(Br)ccc4n3)cc(F)c2n1. The van der Waals surface area contributed by atoms with Crippen molar-refractivity contribution in [2.75, 3.05) is 0 Å². The molecule has 4 aromatic heterocycles. The van der Waals surface area contributed by atoms with E-state index in [9.17, 15) is 9.18 Å². The van der Waals surface area contributed by atoms with E-state index < -0.39 is 11.5 Å². The van der Waals surface area contributed by atoms with Gasteiger partial charge < -0.3 is 4.40 Å². The van der Waals surface area contributed by atoms with Gasteiger partial charge in [-0.1, -0.05) is 0 Å². The van der Waals surface area contributed by atoms with Gasteiger partial charge in [-0.3, -0.25) is 4.40 Å². The van der Waals surface area contributed by atoms with Crippen molar-refractivity contribution in [3.05, 3.63) is 63.3 Å². The Morgan fingerprint density at radius 1 is 1.13 bits per heavy atom. The van der Waals surface area contributed by atoms with Gasteiger partial charge in [-0.05, 0) is 41.1 Å². The van der Waals surface area contributed by atoms with E-state index in [1.807, 2.05) is 0 Å². The van der Waals surface area contributed by atoms with Gasteiger partial charge in [0.1, 0.15) is 5.65 Å². The molecule has 0 aliphatic carbocycles.